The number of rotatable bonds is 3. The number of hydrogen-bond donors (Lipinski definition) is 1. The topological polar surface area (TPSA) is 61.5 Å². The van der Waals surface area contributed by atoms with Gasteiger partial charge in [0, 0.05) is 7.11 Å². The summed E-state index contributed by atoms with van der Waals surface area (Å²) in [5.74, 6) is -0.300. The van der Waals surface area contributed by atoms with Crippen LogP contribution in [-0.4, -0.2) is 31.3 Å². The molecule has 0 amide bonds. The molecule has 1 aliphatic rings. The van der Waals surface area contributed by atoms with Gasteiger partial charge in [-0.25, -0.2) is 0 Å². The van der Waals surface area contributed by atoms with Crippen LogP contribution in [-0.2, 0) is 14.3 Å². The number of carbonyl (C=O) groups excluding carboxylic acids is 1. The molecule has 0 bridgehead atoms. The van der Waals surface area contributed by atoms with Crippen LogP contribution in [0.4, 0.5) is 0 Å². The standard InChI is InChI=1S/C10H19NO3/c1-7(11)10(12)14-9-5-3-8(13-2)4-6-9/h7-9H,3-6,11H2,1-2H3. The van der Waals surface area contributed by atoms with Gasteiger partial charge in [-0.1, -0.05) is 0 Å². The van der Waals surface area contributed by atoms with Gasteiger partial charge in [-0.2, -0.15) is 0 Å². The van der Waals surface area contributed by atoms with Crippen LogP contribution >= 0.6 is 0 Å². The van der Waals surface area contributed by atoms with Gasteiger partial charge < -0.3 is 15.2 Å². The molecule has 0 aliphatic heterocycles. The number of esters is 1. The van der Waals surface area contributed by atoms with Crippen LogP contribution in [0.1, 0.15) is 32.6 Å². The summed E-state index contributed by atoms with van der Waals surface area (Å²) in [7, 11) is 1.72. The van der Waals surface area contributed by atoms with Gasteiger partial charge in [-0.3, -0.25) is 4.79 Å². The van der Waals surface area contributed by atoms with E-state index in [9.17, 15) is 4.79 Å². The molecule has 82 valence electrons. The third kappa shape index (κ3) is 3.27. The summed E-state index contributed by atoms with van der Waals surface area (Å²) in [4.78, 5) is 11.2. The number of carbonyl (C=O) groups is 1. The summed E-state index contributed by atoms with van der Waals surface area (Å²) >= 11 is 0. The van der Waals surface area contributed by atoms with Crippen LogP contribution in [0.3, 0.4) is 0 Å². The second kappa shape index (κ2) is 5.32. The molecule has 1 fully saturated rings. The summed E-state index contributed by atoms with van der Waals surface area (Å²) in [5, 5.41) is 0. The summed E-state index contributed by atoms with van der Waals surface area (Å²) < 4.78 is 10.5. The van der Waals surface area contributed by atoms with Gasteiger partial charge in [-0.05, 0) is 32.6 Å². The SMILES string of the molecule is COC1CCC(OC(=O)C(C)N)CC1. The van der Waals surface area contributed by atoms with Gasteiger partial charge in [0.2, 0.25) is 0 Å². The van der Waals surface area contributed by atoms with E-state index in [1.165, 1.54) is 0 Å². The van der Waals surface area contributed by atoms with E-state index in [0.29, 0.717) is 6.10 Å². The first-order valence-corrected chi connectivity index (χ1v) is 5.12. The molecule has 1 unspecified atom stereocenters. The molecule has 0 aromatic rings. The second-order valence-corrected chi connectivity index (χ2v) is 3.86. The van der Waals surface area contributed by atoms with Crippen LogP contribution in [0, 0.1) is 0 Å². The van der Waals surface area contributed by atoms with Crippen molar-refractivity contribution in [2.75, 3.05) is 7.11 Å². The molecule has 0 saturated heterocycles. The maximum absolute atomic E-state index is 11.2. The first-order valence-electron chi connectivity index (χ1n) is 5.12. The lowest BCUT2D eigenvalue weighted by Gasteiger charge is -2.27. The first-order chi connectivity index (χ1) is 6.63. The molecule has 2 N–H and O–H groups in total. The average molecular weight is 201 g/mol. The molecule has 4 heteroatoms. The predicted octanol–water partition coefficient (Wildman–Crippen LogP) is 0.834. The molecule has 0 aromatic carbocycles. The second-order valence-electron chi connectivity index (χ2n) is 3.86. The Hall–Kier alpha value is -0.610. The van der Waals surface area contributed by atoms with Crippen molar-refractivity contribution < 1.29 is 14.3 Å². The monoisotopic (exact) mass is 201 g/mol. The van der Waals surface area contributed by atoms with Crippen LogP contribution in [0.15, 0.2) is 0 Å². The average Bonchev–Trinajstić information content (AvgIpc) is 2.19. The summed E-state index contributed by atoms with van der Waals surface area (Å²) in [6.45, 7) is 1.64. The van der Waals surface area contributed by atoms with Gasteiger partial charge in [0.25, 0.3) is 0 Å². The van der Waals surface area contributed by atoms with Crippen LogP contribution in [0.2, 0.25) is 0 Å². The maximum atomic E-state index is 11.2. The van der Waals surface area contributed by atoms with Crippen LogP contribution < -0.4 is 5.73 Å². The van der Waals surface area contributed by atoms with E-state index in [0.717, 1.165) is 25.7 Å². The largest absolute Gasteiger partial charge is 0.461 e. The Kier molecular flexibility index (Phi) is 4.35. The van der Waals surface area contributed by atoms with Gasteiger partial charge in [0.1, 0.15) is 12.1 Å². The van der Waals surface area contributed by atoms with E-state index in [1.54, 1.807) is 14.0 Å². The lowest BCUT2D eigenvalue weighted by molar-refractivity contribution is -0.152. The maximum Gasteiger partial charge on any atom is 0.322 e. The van der Waals surface area contributed by atoms with Gasteiger partial charge >= 0.3 is 5.97 Å². The van der Waals surface area contributed by atoms with Gasteiger partial charge in [-0.15, -0.1) is 0 Å². The number of nitrogens with two attached hydrogens (primary N) is 1. The third-order valence-electron chi connectivity index (χ3n) is 2.61. The van der Waals surface area contributed by atoms with Crippen molar-refractivity contribution in [1.29, 1.82) is 0 Å². The first kappa shape index (κ1) is 11.5. The zero-order valence-corrected chi connectivity index (χ0v) is 8.86. The fourth-order valence-corrected chi connectivity index (χ4v) is 1.66. The smallest absolute Gasteiger partial charge is 0.322 e. The van der Waals surface area contributed by atoms with E-state index < -0.39 is 6.04 Å². The van der Waals surface area contributed by atoms with Gasteiger partial charge in [0.05, 0.1) is 6.10 Å². The summed E-state index contributed by atoms with van der Waals surface area (Å²) in [5.41, 5.74) is 5.41. The Morgan fingerprint density at radius 3 is 2.21 bits per heavy atom. The zero-order valence-electron chi connectivity index (χ0n) is 8.86. The number of hydrogen-bond acceptors (Lipinski definition) is 4. The third-order valence-corrected chi connectivity index (χ3v) is 2.61. The highest BCUT2D eigenvalue weighted by molar-refractivity contribution is 5.75. The molecule has 0 aromatic heterocycles. The highest BCUT2D eigenvalue weighted by atomic mass is 16.5. The summed E-state index contributed by atoms with van der Waals surface area (Å²) in [6, 6.07) is -0.518. The van der Waals surface area contributed by atoms with E-state index >= 15 is 0 Å². The van der Waals surface area contributed by atoms with Crippen molar-refractivity contribution in [2.45, 2.75) is 50.9 Å². The molecule has 1 aliphatic carbocycles. The Morgan fingerprint density at radius 1 is 1.29 bits per heavy atom. The number of methoxy groups -OCH3 is 1. The van der Waals surface area contributed by atoms with Gasteiger partial charge in [0.15, 0.2) is 0 Å². The minimum atomic E-state index is -0.518. The van der Waals surface area contributed by atoms with Crippen molar-refractivity contribution in [3.05, 3.63) is 0 Å². The normalized spacial score (nSPS) is 29.6. The fourth-order valence-electron chi connectivity index (χ4n) is 1.66. The van der Waals surface area contributed by atoms with E-state index in [1.807, 2.05) is 0 Å². The van der Waals surface area contributed by atoms with Crippen molar-refractivity contribution in [3.63, 3.8) is 0 Å². The van der Waals surface area contributed by atoms with Crippen molar-refractivity contribution >= 4 is 5.97 Å². The molecule has 1 saturated carbocycles. The highest BCUT2D eigenvalue weighted by Gasteiger charge is 2.24. The molecule has 0 radical (unpaired) electrons. The van der Waals surface area contributed by atoms with Crippen molar-refractivity contribution in [2.24, 2.45) is 5.73 Å². The lowest BCUT2D eigenvalue weighted by atomic mass is 9.95. The molecule has 0 spiro atoms. The molecule has 4 nitrogen and oxygen atoms in total. The molecular weight excluding hydrogens is 182 g/mol. The fraction of sp³-hybridized carbons (Fsp3) is 0.900. The summed E-state index contributed by atoms with van der Waals surface area (Å²) in [6.07, 6.45) is 4.08. The highest BCUT2D eigenvalue weighted by Crippen LogP contribution is 2.23. The molecule has 1 rings (SSSR count). The van der Waals surface area contributed by atoms with E-state index in [4.69, 9.17) is 15.2 Å². The molecular formula is C10H19NO3. The zero-order chi connectivity index (χ0) is 10.6. The number of ether oxygens (including phenoxy) is 2. The van der Waals surface area contributed by atoms with Crippen LogP contribution in [0.25, 0.3) is 0 Å². The quantitative estimate of drug-likeness (QED) is 0.687. The lowest BCUT2D eigenvalue weighted by Crippen LogP contribution is -2.34. The Balaban J connectivity index is 2.25. The Labute approximate surface area is 84.7 Å². The molecule has 1 atom stereocenters. The van der Waals surface area contributed by atoms with E-state index in [-0.39, 0.29) is 12.1 Å². The van der Waals surface area contributed by atoms with Crippen LogP contribution in [0.5, 0.6) is 0 Å². The predicted molar refractivity (Wildman–Crippen MR) is 52.8 cm³/mol. The molecule has 14 heavy (non-hydrogen) atoms. The Bertz CT molecular complexity index is 186. The Morgan fingerprint density at radius 2 is 1.79 bits per heavy atom. The minimum absolute atomic E-state index is 0.0416. The molecule has 0 heterocycles. The minimum Gasteiger partial charge on any atom is -0.461 e. The van der Waals surface area contributed by atoms with E-state index in [2.05, 4.69) is 0 Å². The van der Waals surface area contributed by atoms with Crippen molar-refractivity contribution in [1.82, 2.24) is 0 Å². The van der Waals surface area contributed by atoms with Crippen molar-refractivity contribution in [3.8, 4) is 0 Å².